The van der Waals surface area contributed by atoms with Crippen molar-refractivity contribution >= 4 is 11.9 Å². The van der Waals surface area contributed by atoms with Crippen LogP contribution in [0.5, 0.6) is 0 Å². The molecule has 3 aliphatic carbocycles. The van der Waals surface area contributed by atoms with Gasteiger partial charge in [0.2, 0.25) is 0 Å². The van der Waals surface area contributed by atoms with Crippen molar-refractivity contribution < 1.29 is 4.79 Å². The number of benzene rings is 1. The minimum absolute atomic E-state index is 0.242. The molecule has 0 aliphatic heterocycles. The standard InChI is InChI=1S/C14H12O/c15-11-6-8-14-7-5-9-3-1-2-4-10(9)12(14)13(11)14/h1-5,7,12-13H,6,8H2/t12-,13-,14+/m0/s1. The second-order valence-corrected chi connectivity index (χ2v) is 5.00. The van der Waals surface area contributed by atoms with Gasteiger partial charge in [0.05, 0.1) is 0 Å². The van der Waals surface area contributed by atoms with Gasteiger partial charge in [-0.25, -0.2) is 0 Å². The maximum atomic E-state index is 11.8. The van der Waals surface area contributed by atoms with E-state index in [0.29, 0.717) is 17.6 Å². The fourth-order valence-electron chi connectivity index (χ4n) is 3.70. The van der Waals surface area contributed by atoms with Gasteiger partial charge in [-0.1, -0.05) is 36.4 Å². The molecule has 15 heavy (non-hydrogen) atoms. The average Bonchev–Trinajstić information content (AvgIpc) is 2.86. The number of hydrogen-bond acceptors (Lipinski definition) is 1. The van der Waals surface area contributed by atoms with Gasteiger partial charge in [0.25, 0.3) is 0 Å². The van der Waals surface area contributed by atoms with Gasteiger partial charge in [-0.05, 0) is 17.5 Å². The zero-order chi connectivity index (χ0) is 10.0. The Kier molecular flexibility index (Phi) is 1.17. The van der Waals surface area contributed by atoms with Gasteiger partial charge in [-0.2, -0.15) is 0 Å². The summed E-state index contributed by atoms with van der Waals surface area (Å²) in [6.07, 6.45) is 6.39. The first-order chi connectivity index (χ1) is 7.33. The van der Waals surface area contributed by atoms with Crippen LogP contribution in [0.2, 0.25) is 0 Å². The van der Waals surface area contributed by atoms with Crippen molar-refractivity contribution in [3.05, 3.63) is 41.5 Å². The number of hydrogen-bond donors (Lipinski definition) is 0. The van der Waals surface area contributed by atoms with Crippen molar-refractivity contribution in [3.8, 4) is 0 Å². The molecule has 0 amide bonds. The molecule has 0 radical (unpaired) electrons. The molecular formula is C14H12O. The van der Waals surface area contributed by atoms with Crippen molar-refractivity contribution in [1.29, 1.82) is 0 Å². The van der Waals surface area contributed by atoms with Crippen molar-refractivity contribution in [2.24, 2.45) is 11.3 Å². The lowest BCUT2D eigenvalue weighted by Crippen LogP contribution is -2.04. The normalized spacial score (nSPS) is 39.6. The molecule has 0 N–H and O–H groups in total. The van der Waals surface area contributed by atoms with Crippen LogP contribution in [0.1, 0.15) is 29.9 Å². The molecule has 0 bridgehead atoms. The minimum Gasteiger partial charge on any atom is -0.299 e. The van der Waals surface area contributed by atoms with Crippen molar-refractivity contribution in [2.45, 2.75) is 18.8 Å². The van der Waals surface area contributed by atoms with Crippen LogP contribution in [0, 0.1) is 11.3 Å². The molecule has 0 heterocycles. The predicted octanol–water partition coefficient (Wildman–Crippen LogP) is 2.78. The van der Waals surface area contributed by atoms with E-state index in [1.807, 2.05) is 0 Å². The predicted molar refractivity (Wildman–Crippen MR) is 58.4 cm³/mol. The molecule has 74 valence electrons. The number of fused-ring (bicyclic) bond motifs is 3. The largest absolute Gasteiger partial charge is 0.299 e. The molecule has 1 aromatic rings. The molecule has 0 aromatic heterocycles. The number of allylic oxidation sites excluding steroid dienone is 1. The fourth-order valence-corrected chi connectivity index (χ4v) is 3.70. The van der Waals surface area contributed by atoms with Crippen LogP contribution in [-0.4, -0.2) is 5.78 Å². The lowest BCUT2D eigenvalue weighted by Gasteiger charge is -2.17. The van der Waals surface area contributed by atoms with Gasteiger partial charge in [-0.15, -0.1) is 0 Å². The third-order valence-corrected chi connectivity index (χ3v) is 4.44. The van der Waals surface area contributed by atoms with Gasteiger partial charge in [-0.3, -0.25) is 4.79 Å². The maximum Gasteiger partial charge on any atom is 0.137 e. The molecule has 1 spiro atoms. The molecule has 2 fully saturated rings. The summed E-state index contributed by atoms with van der Waals surface area (Å²) < 4.78 is 0. The number of carbonyl (C=O) groups is 1. The van der Waals surface area contributed by atoms with Crippen LogP contribution in [-0.2, 0) is 4.79 Å². The van der Waals surface area contributed by atoms with E-state index in [-0.39, 0.29) is 5.41 Å². The summed E-state index contributed by atoms with van der Waals surface area (Å²) >= 11 is 0. The van der Waals surface area contributed by atoms with E-state index in [9.17, 15) is 4.79 Å². The number of Topliss-reactive ketones (excluding diaryl/α,β-unsaturated/α-hetero) is 1. The summed E-state index contributed by atoms with van der Waals surface area (Å²) in [5, 5.41) is 0. The molecule has 0 saturated heterocycles. The van der Waals surface area contributed by atoms with Crippen molar-refractivity contribution in [3.63, 3.8) is 0 Å². The smallest absolute Gasteiger partial charge is 0.137 e. The number of carbonyl (C=O) groups excluding carboxylic acids is 1. The van der Waals surface area contributed by atoms with E-state index in [0.717, 1.165) is 12.8 Å². The average molecular weight is 196 g/mol. The van der Waals surface area contributed by atoms with Gasteiger partial charge in [0.1, 0.15) is 5.78 Å². The van der Waals surface area contributed by atoms with Gasteiger partial charge >= 0.3 is 0 Å². The van der Waals surface area contributed by atoms with E-state index in [4.69, 9.17) is 0 Å². The maximum absolute atomic E-state index is 11.8. The Balaban J connectivity index is 1.92. The Hall–Kier alpha value is -1.37. The molecular weight excluding hydrogens is 184 g/mol. The van der Waals surface area contributed by atoms with Crippen LogP contribution < -0.4 is 0 Å². The van der Waals surface area contributed by atoms with E-state index < -0.39 is 0 Å². The Labute approximate surface area is 88.8 Å². The third-order valence-electron chi connectivity index (χ3n) is 4.44. The third kappa shape index (κ3) is 0.750. The number of rotatable bonds is 0. The molecule has 1 nitrogen and oxygen atoms in total. The van der Waals surface area contributed by atoms with Crippen molar-refractivity contribution in [2.75, 3.05) is 0 Å². The summed E-state index contributed by atoms with van der Waals surface area (Å²) in [5.41, 5.74) is 2.96. The van der Waals surface area contributed by atoms with E-state index >= 15 is 0 Å². The number of ketones is 1. The van der Waals surface area contributed by atoms with E-state index in [1.165, 1.54) is 11.1 Å². The van der Waals surface area contributed by atoms with Crippen LogP contribution >= 0.6 is 0 Å². The van der Waals surface area contributed by atoms with Gasteiger partial charge < -0.3 is 0 Å². The molecule has 3 aliphatic rings. The minimum atomic E-state index is 0.242. The summed E-state index contributed by atoms with van der Waals surface area (Å²) in [5.74, 6) is 1.32. The first-order valence-corrected chi connectivity index (χ1v) is 5.64. The Morgan fingerprint density at radius 3 is 3.00 bits per heavy atom. The lowest BCUT2D eigenvalue weighted by molar-refractivity contribution is -0.119. The molecule has 0 unspecified atom stereocenters. The quantitative estimate of drug-likeness (QED) is 0.623. The molecule has 1 aromatic carbocycles. The summed E-state index contributed by atoms with van der Waals surface area (Å²) in [7, 11) is 0. The summed E-state index contributed by atoms with van der Waals surface area (Å²) in [6.45, 7) is 0. The first kappa shape index (κ1) is 7.86. The lowest BCUT2D eigenvalue weighted by atomic mass is 9.87. The SMILES string of the molecule is O=C1CC[C@]23C=Cc4ccccc4[C@H]2[C@H]13. The molecule has 1 heteroatoms. The van der Waals surface area contributed by atoms with E-state index in [1.54, 1.807) is 0 Å². The van der Waals surface area contributed by atoms with Gasteiger partial charge in [0.15, 0.2) is 0 Å². The highest BCUT2D eigenvalue weighted by Crippen LogP contribution is 2.74. The monoisotopic (exact) mass is 196 g/mol. The Bertz CT molecular complexity index is 500. The second-order valence-electron chi connectivity index (χ2n) is 5.00. The summed E-state index contributed by atoms with van der Waals surface area (Å²) in [6, 6.07) is 8.50. The highest BCUT2D eigenvalue weighted by atomic mass is 16.1. The van der Waals surface area contributed by atoms with Gasteiger partial charge in [0, 0.05) is 23.7 Å². The Morgan fingerprint density at radius 1 is 1.20 bits per heavy atom. The van der Waals surface area contributed by atoms with Crippen molar-refractivity contribution in [1.82, 2.24) is 0 Å². The Morgan fingerprint density at radius 2 is 2.07 bits per heavy atom. The molecule has 4 rings (SSSR count). The topological polar surface area (TPSA) is 17.1 Å². The van der Waals surface area contributed by atoms with Crippen LogP contribution in [0.3, 0.4) is 0 Å². The molecule has 3 atom stereocenters. The van der Waals surface area contributed by atoms with Crippen LogP contribution in [0.15, 0.2) is 30.3 Å². The van der Waals surface area contributed by atoms with E-state index in [2.05, 4.69) is 36.4 Å². The van der Waals surface area contributed by atoms with Crippen LogP contribution in [0.4, 0.5) is 0 Å². The zero-order valence-corrected chi connectivity index (χ0v) is 8.44. The highest BCUT2D eigenvalue weighted by molar-refractivity contribution is 5.92. The summed E-state index contributed by atoms with van der Waals surface area (Å²) in [4.78, 5) is 11.8. The first-order valence-electron chi connectivity index (χ1n) is 5.64. The zero-order valence-electron chi connectivity index (χ0n) is 8.44. The molecule has 2 saturated carbocycles. The van der Waals surface area contributed by atoms with Crippen LogP contribution in [0.25, 0.3) is 6.08 Å². The highest BCUT2D eigenvalue weighted by Gasteiger charge is 2.70. The fraction of sp³-hybridized carbons (Fsp3) is 0.357. The second kappa shape index (κ2) is 2.24.